The minimum Gasteiger partial charge on any atom is -0.337 e. The van der Waals surface area contributed by atoms with Crippen molar-refractivity contribution in [2.24, 2.45) is 0 Å². The van der Waals surface area contributed by atoms with Gasteiger partial charge in [-0.3, -0.25) is 0 Å². The maximum absolute atomic E-state index is 11.4. The van der Waals surface area contributed by atoms with E-state index in [2.05, 4.69) is 10.6 Å². The summed E-state index contributed by atoms with van der Waals surface area (Å²) in [5.41, 5.74) is 0. The third kappa shape index (κ3) is 5.88. The molecule has 2 amide bonds. The van der Waals surface area contributed by atoms with Crippen molar-refractivity contribution in [3.05, 3.63) is 0 Å². The molecule has 0 spiro atoms. The highest BCUT2D eigenvalue weighted by Gasteiger charge is 2.13. The zero-order valence-corrected chi connectivity index (χ0v) is 9.98. The van der Waals surface area contributed by atoms with Gasteiger partial charge in [-0.05, 0) is 12.8 Å². The van der Waals surface area contributed by atoms with Crippen molar-refractivity contribution in [1.29, 1.82) is 0 Å². The van der Waals surface area contributed by atoms with E-state index in [-0.39, 0.29) is 6.03 Å². The molecule has 88 valence electrons. The normalized spacial score (nSPS) is 19.0. The molecule has 1 aliphatic carbocycles. The second-order valence-electron chi connectivity index (χ2n) is 4.13. The highest BCUT2D eigenvalue weighted by atomic mass is 35.5. The van der Waals surface area contributed by atoms with Crippen LogP contribution in [0.4, 0.5) is 4.79 Å². The average Bonchev–Trinajstić information content (AvgIpc) is 2.19. The van der Waals surface area contributed by atoms with Crippen LogP contribution in [0.2, 0.25) is 0 Å². The molecule has 3 nitrogen and oxygen atoms in total. The molecule has 0 saturated heterocycles. The second-order valence-corrected chi connectivity index (χ2v) is 4.51. The third-order valence-corrected chi connectivity index (χ3v) is 3.01. The molecule has 0 unspecified atom stereocenters. The maximum Gasteiger partial charge on any atom is 0.315 e. The summed E-state index contributed by atoms with van der Waals surface area (Å²) in [5.74, 6) is 0.470. The molecule has 1 fully saturated rings. The Morgan fingerprint density at radius 1 is 1.13 bits per heavy atom. The number of amides is 2. The minimum atomic E-state index is -0.0683. The quantitative estimate of drug-likeness (QED) is 0.722. The highest BCUT2D eigenvalue weighted by molar-refractivity contribution is 6.18. The molecule has 1 saturated carbocycles. The van der Waals surface area contributed by atoms with Gasteiger partial charge in [0.25, 0.3) is 0 Å². The summed E-state index contributed by atoms with van der Waals surface area (Å²) in [7, 11) is 0. The summed E-state index contributed by atoms with van der Waals surface area (Å²) in [6.45, 7) is 0.542. The fourth-order valence-corrected chi connectivity index (χ4v) is 2.09. The van der Waals surface area contributed by atoms with Crippen LogP contribution in [0.15, 0.2) is 0 Å². The van der Waals surface area contributed by atoms with E-state index in [0.717, 1.165) is 12.8 Å². The van der Waals surface area contributed by atoms with Gasteiger partial charge in [-0.25, -0.2) is 4.79 Å². The summed E-state index contributed by atoms with van der Waals surface area (Å²) in [4.78, 5) is 11.4. The molecule has 0 atom stereocenters. The zero-order valence-electron chi connectivity index (χ0n) is 9.23. The summed E-state index contributed by atoms with van der Waals surface area (Å²) >= 11 is 5.49. The standard InChI is InChI=1S/C11H21ClN2O/c12-8-9-13-11(15)14-10-6-4-2-1-3-5-7-10/h10H,1-9H2,(H2,13,14,15). The smallest absolute Gasteiger partial charge is 0.315 e. The van der Waals surface area contributed by atoms with Crippen LogP contribution in [0.5, 0.6) is 0 Å². The Morgan fingerprint density at radius 3 is 2.33 bits per heavy atom. The first-order chi connectivity index (χ1) is 7.33. The fraction of sp³-hybridized carbons (Fsp3) is 0.909. The van der Waals surface area contributed by atoms with Crippen molar-refractivity contribution in [2.45, 2.75) is 51.0 Å². The van der Waals surface area contributed by atoms with Gasteiger partial charge in [-0.2, -0.15) is 0 Å². The lowest BCUT2D eigenvalue weighted by Gasteiger charge is -2.21. The van der Waals surface area contributed by atoms with Crippen molar-refractivity contribution in [3.63, 3.8) is 0 Å². The van der Waals surface area contributed by atoms with Crippen LogP contribution in [0, 0.1) is 0 Å². The van der Waals surface area contributed by atoms with E-state index in [4.69, 9.17) is 11.6 Å². The number of halogens is 1. The number of carbonyl (C=O) groups is 1. The van der Waals surface area contributed by atoms with Gasteiger partial charge in [-0.1, -0.05) is 32.1 Å². The molecular formula is C11H21ClN2O. The highest BCUT2D eigenvalue weighted by Crippen LogP contribution is 2.16. The molecule has 0 aromatic heterocycles. The number of carbonyl (C=O) groups excluding carboxylic acids is 1. The number of urea groups is 1. The Kier molecular flexibility index (Phi) is 6.57. The summed E-state index contributed by atoms with van der Waals surface area (Å²) < 4.78 is 0. The average molecular weight is 233 g/mol. The molecule has 0 heterocycles. The van der Waals surface area contributed by atoms with Crippen LogP contribution < -0.4 is 10.6 Å². The summed E-state index contributed by atoms with van der Waals surface area (Å²) in [5, 5.41) is 5.75. The Hall–Kier alpha value is -0.440. The number of hydrogen-bond donors (Lipinski definition) is 2. The Morgan fingerprint density at radius 2 is 1.73 bits per heavy atom. The van der Waals surface area contributed by atoms with Crippen LogP contribution in [0.25, 0.3) is 0 Å². The first-order valence-electron chi connectivity index (χ1n) is 5.93. The molecule has 4 heteroatoms. The van der Waals surface area contributed by atoms with Crippen molar-refractivity contribution in [1.82, 2.24) is 10.6 Å². The van der Waals surface area contributed by atoms with Crippen LogP contribution >= 0.6 is 11.6 Å². The van der Waals surface area contributed by atoms with E-state index in [0.29, 0.717) is 18.5 Å². The van der Waals surface area contributed by atoms with Gasteiger partial charge < -0.3 is 10.6 Å². The second kappa shape index (κ2) is 7.80. The first-order valence-corrected chi connectivity index (χ1v) is 6.46. The predicted molar refractivity (Wildman–Crippen MR) is 63.4 cm³/mol. The molecule has 0 radical (unpaired) electrons. The van der Waals surface area contributed by atoms with E-state index in [1.165, 1.54) is 32.1 Å². The number of rotatable bonds is 3. The molecule has 15 heavy (non-hydrogen) atoms. The van der Waals surface area contributed by atoms with Crippen LogP contribution in [-0.4, -0.2) is 24.5 Å². The number of alkyl halides is 1. The van der Waals surface area contributed by atoms with Gasteiger partial charge >= 0.3 is 6.03 Å². The van der Waals surface area contributed by atoms with Crippen molar-refractivity contribution in [2.75, 3.05) is 12.4 Å². The SMILES string of the molecule is O=C(NCCCl)NC1CCCCCCC1. The van der Waals surface area contributed by atoms with E-state index in [1.807, 2.05) is 0 Å². The lowest BCUT2D eigenvalue weighted by atomic mass is 9.97. The summed E-state index contributed by atoms with van der Waals surface area (Å²) in [6.07, 6.45) is 8.68. The Labute approximate surface area is 96.9 Å². The number of hydrogen-bond acceptors (Lipinski definition) is 1. The van der Waals surface area contributed by atoms with Gasteiger partial charge in [0.15, 0.2) is 0 Å². The number of nitrogens with one attached hydrogen (secondary N) is 2. The molecule has 2 N–H and O–H groups in total. The fourth-order valence-electron chi connectivity index (χ4n) is 2.00. The van der Waals surface area contributed by atoms with Crippen LogP contribution in [-0.2, 0) is 0 Å². The van der Waals surface area contributed by atoms with E-state index < -0.39 is 0 Å². The third-order valence-electron chi connectivity index (χ3n) is 2.82. The Balaban J connectivity index is 2.19. The largest absolute Gasteiger partial charge is 0.337 e. The lowest BCUT2D eigenvalue weighted by molar-refractivity contribution is 0.234. The molecule has 1 aliphatic rings. The predicted octanol–water partition coefficient (Wildman–Crippen LogP) is 2.64. The van der Waals surface area contributed by atoms with Gasteiger partial charge in [0.05, 0.1) is 0 Å². The minimum absolute atomic E-state index is 0.0683. The van der Waals surface area contributed by atoms with Crippen molar-refractivity contribution >= 4 is 17.6 Å². The van der Waals surface area contributed by atoms with E-state index in [1.54, 1.807) is 0 Å². The molecular weight excluding hydrogens is 212 g/mol. The van der Waals surface area contributed by atoms with Gasteiger partial charge in [0.1, 0.15) is 0 Å². The molecule has 0 bridgehead atoms. The van der Waals surface area contributed by atoms with Gasteiger partial charge in [-0.15, -0.1) is 11.6 Å². The van der Waals surface area contributed by atoms with Crippen molar-refractivity contribution < 1.29 is 4.79 Å². The topological polar surface area (TPSA) is 41.1 Å². The molecule has 1 rings (SSSR count). The van der Waals surface area contributed by atoms with E-state index >= 15 is 0 Å². The first kappa shape index (κ1) is 12.6. The zero-order chi connectivity index (χ0) is 10.9. The van der Waals surface area contributed by atoms with Gasteiger partial charge in [0, 0.05) is 18.5 Å². The molecule has 0 aromatic carbocycles. The van der Waals surface area contributed by atoms with Crippen LogP contribution in [0.3, 0.4) is 0 Å². The monoisotopic (exact) mass is 232 g/mol. The van der Waals surface area contributed by atoms with Crippen LogP contribution in [0.1, 0.15) is 44.9 Å². The van der Waals surface area contributed by atoms with E-state index in [9.17, 15) is 4.79 Å². The van der Waals surface area contributed by atoms with Crippen molar-refractivity contribution in [3.8, 4) is 0 Å². The summed E-state index contributed by atoms with van der Waals surface area (Å²) in [6, 6.07) is 0.293. The molecule has 0 aromatic rings. The lowest BCUT2D eigenvalue weighted by Crippen LogP contribution is -2.42. The Bertz CT molecular complexity index is 179. The molecule has 0 aliphatic heterocycles. The maximum atomic E-state index is 11.4. The van der Waals surface area contributed by atoms with Gasteiger partial charge in [0.2, 0.25) is 0 Å².